The fraction of sp³-hybridized carbons (Fsp3) is 0.941. The number of halogens is 1. The average molecular weight is 454 g/mol. The van der Waals surface area contributed by atoms with Gasteiger partial charge in [-0.1, -0.05) is 13.8 Å². The van der Waals surface area contributed by atoms with Crippen molar-refractivity contribution in [3.8, 4) is 0 Å². The Morgan fingerprint density at radius 2 is 2.21 bits per heavy atom. The van der Waals surface area contributed by atoms with Crippen LogP contribution in [0.2, 0.25) is 0 Å². The first-order valence-corrected chi connectivity index (χ1v) is 9.07. The molecule has 24 heavy (non-hydrogen) atoms. The van der Waals surface area contributed by atoms with Gasteiger partial charge in [-0.05, 0) is 31.7 Å². The largest absolute Gasteiger partial charge is 0.381 e. The molecule has 2 fully saturated rings. The van der Waals surface area contributed by atoms with E-state index in [2.05, 4.69) is 34.4 Å². The number of fused-ring (bicyclic) bond motifs is 1. The smallest absolute Gasteiger partial charge is 0.191 e. The second kappa shape index (κ2) is 12.3. The van der Waals surface area contributed by atoms with Crippen LogP contribution in [-0.2, 0) is 9.47 Å². The fourth-order valence-corrected chi connectivity index (χ4v) is 3.14. The number of aliphatic imine (C=N–C) groups is 1. The molecule has 0 bridgehead atoms. The van der Waals surface area contributed by atoms with Gasteiger partial charge >= 0.3 is 0 Å². The first-order valence-electron chi connectivity index (χ1n) is 9.07. The third kappa shape index (κ3) is 7.84. The second-order valence-corrected chi connectivity index (χ2v) is 6.95. The van der Waals surface area contributed by atoms with Crippen LogP contribution in [0.3, 0.4) is 0 Å². The molecule has 0 amide bonds. The van der Waals surface area contributed by atoms with Crippen molar-refractivity contribution in [2.24, 2.45) is 10.9 Å². The highest BCUT2D eigenvalue weighted by Crippen LogP contribution is 2.22. The summed E-state index contributed by atoms with van der Waals surface area (Å²) in [6.07, 6.45) is 3.86. The van der Waals surface area contributed by atoms with Crippen LogP contribution in [0.5, 0.6) is 0 Å². The Hall–Kier alpha value is -0.120. The van der Waals surface area contributed by atoms with Gasteiger partial charge in [-0.3, -0.25) is 9.89 Å². The van der Waals surface area contributed by atoms with Crippen molar-refractivity contribution < 1.29 is 9.47 Å². The van der Waals surface area contributed by atoms with Gasteiger partial charge in [-0.2, -0.15) is 0 Å². The van der Waals surface area contributed by atoms with E-state index in [0.717, 1.165) is 51.8 Å². The van der Waals surface area contributed by atoms with Crippen LogP contribution in [0.4, 0.5) is 0 Å². The minimum atomic E-state index is 0. The molecule has 7 heteroatoms. The summed E-state index contributed by atoms with van der Waals surface area (Å²) in [7, 11) is 1.81. The lowest BCUT2D eigenvalue weighted by molar-refractivity contribution is -0.0453. The molecule has 6 nitrogen and oxygen atoms in total. The monoisotopic (exact) mass is 454 g/mol. The number of rotatable bonds is 8. The van der Waals surface area contributed by atoms with Crippen molar-refractivity contribution in [2.75, 3.05) is 53.0 Å². The molecule has 2 heterocycles. The van der Waals surface area contributed by atoms with Gasteiger partial charge in [0.2, 0.25) is 0 Å². The topological polar surface area (TPSA) is 58.1 Å². The number of nitrogens with zero attached hydrogens (tertiary/aromatic N) is 2. The van der Waals surface area contributed by atoms with Crippen LogP contribution in [0, 0.1) is 5.92 Å². The molecule has 2 N–H and O–H groups in total. The predicted octanol–water partition coefficient (Wildman–Crippen LogP) is 1.70. The maximum Gasteiger partial charge on any atom is 0.191 e. The Bertz CT molecular complexity index is 368. The zero-order chi connectivity index (χ0) is 16.5. The number of nitrogens with one attached hydrogen (secondary N) is 2. The van der Waals surface area contributed by atoms with E-state index in [1.165, 1.54) is 19.4 Å². The molecule has 0 aromatic carbocycles. The lowest BCUT2D eigenvalue weighted by Gasteiger charge is -2.35. The average Bonchev–Trinajstić information content (AvgIpc) is 3.00. The Morgan fingerprint density at radius 3 is 2.96 bits per heavy atom. The summed E-state index contributed by atoms with van der Waals surface area (Å²) < 4.78 is 11.5. The number of guanidine groups is 1. The Labute approximate surface area is 164 Å². The third-order valence-corrected chi connectivity index (χ3v) is 4.39. The van der Waals surface area contributed by atoms with Crippen molar-refractivity contribution in [2.45, 2.75) is 45.3 Å². The van der Waals surface area contributed by atoms with E-state index in [1.54, 1.807) is 0 Å². The third-order valence-electron chi connectivity index (χ3n) is 4.39. The second-order valence-electron chi connectivity index (χ2n) is 6.95. The normalized spacial score (nSPS) is 24.6. The van der Waals surface area contributed by atoms with Crippen LogP contribution >= 0.6 is 24.0 Å². The van der Waals surface area contributed by atoms with E-state index in [-0.39, 0.29) is 30.1 Å². The van der Waals surface area contributed by atoms with Gasteiger partial charge < -0.3 is 20.1 Å². The molecule has 2 aliphatic rings. The van der Waals surface area contributed by atoms with Crippen LogP contribution < -0.4 is 10.6 Å². The molecule has 0 aromatic rings. The molecular formula is C17H35IN4O2. The molecular weight excluding hydrogens is 419 g/mol. The number of hydrogen-bond acceptors (Lipinski definition) is 4. The van der Waals surface area contributed by atoms with E-state index in [0.29, 0.717) is 12.0 Å². The molecule has 2 aliphatic heterocycles. The van der Waals surface area contributed by atoms with Gasteiger partial charge in [0.1, 0.15) is 0 Å². The Balaban J connectivity index is 0.00000288. The lowest BCUT2D eigenvalue weighted by Crippen LogP contribution is -2.51. The molecule has 142 valence electrons. The van der Waals surface area contributed by atoms with Crippen LogP contribution in [0.25, 0.3) is 0 Å². The highest BCUT2D eigenvalue weighted by molar-refractivity contribution is 14.0. The predicted molar refractivity (Wildman–Crippen MR) is 109 cm³/mol. The summed E-state index contributed by atoms with van der Waals surface area (Å²) in [5.41, 5.74) is 0. The van der Waals surface area contributed by atoms with Crippen LogP contribution in [0.1, 0.15) is 33.1 Å². The zero-order valence-electron chi connectivity index (χ0n) is 15.4. The van der Waals surface area contributed by atoms with Gasteiger partial charge in [0.25, 0.3) is 0 Å². The highest BCUT2D eigenvalue weighted by atomic mass is 127. The standard InChI is InChI=1S/C17H34N4O2.HI/c1-14(2)12-22-9-5-7-19-17(18-3)20-10-16-11-21-8-4-6-15(21)13-23-16;/h14-16H,4-13H2,1-3H3,(H2,18,19,20);1H. The van der Waals surface area contributed by atoms with Crippen molar-refractivity contribution in [3.05, 3.63) is 0 Å². The number of hydrogen-bond donors (Lipinski definition) is 2. The summed E-state index contributed by atoms with van der Waals surface area (Å²) in [6.45, 7) is 10.8. The maximum absolute atomic E-state index is 5.96. The molecule has 0 aromatic heterocycles. The molecule has 2 rings (SSSR count). The van der Waals surface area contributed by atoms with Crippen molar-refractivity contribution in [1.29, 1.82) is 0 Å². The summed E-state index contributed by atoms with van der Waals surface area (Å²) in [5.74, 6) is 1.45. The Kier molecular flexibility index (Phi) is 11.2. The van der Waals surface area contributed by atoms with Gasteiger partial charge in [0.15, 0.2) is 5.96 Å². The fourth-order valence-electron chi connectivity index (χ4n) is 3.14. The summed E-state index contributed by atoms with van der Waals surface area (Å²) in [6, 6.07) is 0.662. The lowest BCUT2D eigenvalue weighted by atomic mass is 10.2. The van der Waals surface area contributed by atoms with Crippen molar-refractivity contribution >= 4 is 29.9 Å². The van der Waals surface area contributed by atoms with E-state index < -0.39 is 0 Å². The van der Waals surface area contributed by atoms with Gasteiger partial charge in [-0.25, -0.2) is 0 Å². The minimum absolute atomic E-state index is 0. The first kappa shape index (κ1) is 21.9. The van der Waals surface area contributed by atoms with Crippen LogP contribution in [-0.4, -0.2) is 76.1 Å². The first-order chi connectivity index (χ1) is 11.2. The Morgan fingerprint density at radius 1 is 1.38 bits per heavy atom. The van der Waals surface area contributed by atoms with Crippen molar-refractivity contribution in [1.82, 2.24) is 15.5 Å². The molecule has 0 radical (unpaired) electrons. The van der Waals surface area contributed by atoms with E-state index in [9.17, 15) is 0 Å². The van der Waals surface area contributed by atoms with Gasteiger partial charge in [-0.15, -0.1) is 24.0 Å². The minimum Gasteiger partial charge on any atom is -0.381 e. The van der Waals surface area contributed by atoms with Crippen molar-refractivity contribution in [3.63, 3.8) is 0 Å². The summed E-state index contributed by atoms with van der Waals surface area (Å²) in [5, 5.41) is 6.71. The van der Waals surface area contributed by atoms with Crippen LogP contribution in [0.15, 0.2) is 4.99 Å². The van der Waals surface area contributed by atoms with Gasteiger partial charge in [0, 0.05) is 45.9 Å². The molecule has 2 saturated heterocycles. The summed E-state index contributed by atoms with van der Waals surface area (Å²) in [4.78, 5) is 6.84. The number of ether oxygens (including phenoxy) is 2. The SMILES string of the molecule is CN=C(NCCCOCC(C)C)NCC1CN2CCCC2CO1.I. The number of morpholine rings is 1. The van der Waals surface area contributed by atoms with E-state index in [4.69, 9.17) is 9.47 Å². The van der Waals surface area contributed by atoms with E-state index >= 15 is 0 Å². The maximum atomic E-state index is 5.96. The van der Waals surface area contributed by atoms with E-state index in [1.807, 2.05) is 7.05 Å². The zero-order valence-corrected chi connectivity index (χ0v) is 17.8. The molecule has 0 aliphatic carbocycles. The molecule has 2 atom stereocenters. The quantitative estimate of drug-likeness (QED) is 0.253. The molecule has 0 spiro atoms. The summed E-state index contributed by atoms with van der Waals surface area (Å²) >= 11 is 0. The molecule has 2 unspecified atom stereocenters. The molecule has 0 saturated carbocycles. The highest BCUT2D eigenvalue weighted by Gasteiger charge is 2.31. The van der Waals surface area contributed by atoms with Gasteiger partial charge in [0.05, 0.1) is 12.7 Å².